The van der Waals surface area contributed by atoms with Crippen LogP contribution in [0.5, 0.6) is 11.5 Å². The molecule has 0 spiro atoms. The molecule has 0 atom stereocenters. The standard InChI is InChI=1S/C19H24N2O8/c1-4-28-14-8-11(18(24)25)13(9-15(14)29-5-2)20-16-12(19(26)27-3)10-21(6-7-22)17(16)23/h8-9,20,22H,4-7,10H2,1-3H3,(H,24,25). The number of aromatic carboxylic acids is 1. The number of hydrogen-bond acceptors (Lipinski definition) is 8. The number of aliphatic hydroxyl groups excluding tert-OH is 1. The molecule has 0 aliphatic carbocycles. The number of nitrogens with zero attached hydrogens (tertiary/aromatic N) is 1. The molecule has 0 saturated heterocycles. The number of anilines is 1. The van der Waals surface area contributed by atoms with Gasteiger partial charge in [0.25, 0.3) is 5.91 Å². The fourth-order valence-corrected chi connectivity index (χ4v) is 2.86. The number of β-amino-alcohol motifs (C(OH)–C–C–N with tert-alkyl or cyclic N) is 1. The summed E-state index contributed by atoms with van der Waals surface area (Å²) in [6, 6.07) is 2.70. The minimum Gasteiger partial charge on any atom is -0.490 e. The van der Waals surface area contributed by atoms with E-state index in [0.717, 1.165) is 0 Å². The number of carbonyl (C=O) groups is 3. The van der Waals surface area contributed by atoms with Crippen molar-refractivity contribution in [3.05, 3.63) is 29.0 Å². The molecule has 1 amide bonds. The van der Waals surface area contributed by atoms with Crippen LogP contribution >= 0.6 is 0 Å². The van der Waals surface area contributed by atoms with Crippen molar-refractivity contribution in [2.24, 2.45) is 0 Å². The van der Waals surface area contributed by atoms with Gasteiger partial charge >= 0.3 is 11.9 Å². The monoisotopic (exact) mass is 408 g/mol. The van der Waals surface area contributed by atoms with E-state index in [1.54, 1.807) is 13.8 Å². The summed E-state index contributed by atoms with van der Waals surface area (Å²) in [5.74, 6) is -2.00. The molecule has 0 fully saturated rings. The Balaban J connectivity index is 2.54. The topological polar surface area (TPSA) is 135 Å². The first-order valence-electron chi connectivity index (χ1n) is 9.03. The number of carboxylic acids is 1. The molecule has 1 heterocycles. The predicted molar refractivity (Wildman–Crippen MR) is 102 cm³/mol. The number of hydrogen-bond donors (Lipinski definition) is 3. The van der Waals surface area contributed by atoms with Gasteiger partial charge in [-0.05, 0) is 13.8 Å². The fraction of sp³-hybridized carbons (Fsp3) is 0.421. The maximum atomic E-state index is 12.7. The minimum absolute atomic E-state index is 0.0176. The summed E-state index contributed by atoms with van der Waals surface area (Å²) >= 11 is 0. The maximum Gasteiger partial charge on any atom is 0.337 e. The molecule has 3 N–H and O–H groups in total. The smallest absolute Gasteiger partial charge is 0.337 e. The lowest BCUT2D eigenvalue weighted by Gasteiger charge is -2.17. The van der Waals surface area contributed by atoms with E-state index < -0.39 is 17.8 Å². The SMILES string of the molecule is CCOc1cc(NC2=C(C(=O)OC)CN(CCO)C2=O)c(C(=O)O)cc1OCC. The number of nitrogens with one attached hydrogen (secondary N) is 1. The molecule has 0 saturated carbocycles. The molecule has 1 aliphatic rings. The molecule has 1 aromatic carbocycles. The number of ether oxygens (including phenoxy) is 3. The van der Waals surface area contributed by atoms with Gasteiger partial charge in [-0.25, -0.2) is 9.59 Å². The number of rotatable bonds is 10. The Bertz CT molecular complexity index is 834. The minimum atomic E-state index is -1.26. The van der Waals surface area contributed by atoms with Crippen LogP contribution in [0, 0.1) is 0 Å². The van der Waals surface area contributed by atoms with Gasteiger partial charge in [0.05, 0.1) is 50.3 Å². The third-order valence-corrected chi connectivity index (χ3v) is 4.13. The Hall–Kier alpha value is -3.27. The van der Waals surface area contributed by atoms with Crippen LogP contribution in [-0.2, 0) is 14.3 Å². The van der Waals surface area contributed by atoms with Crippen molar-refractivity contribution >= 4 is 23.5 Å². The van der Waals surface area contributed by atoms with Crippen molar-refractivity contribution < 1.29 is 38.8 Å². The van der Waals surface area contributed by atoms with E-state index in [4.69, 9.17) is 19.3 Å². The second-order valence-electron chi connectivity index (χ2n) is 5.94. The van der Waals surface area contributed by atoms with Crippen LogP contribution in [0.15, 0.2) is 23.4 Å². The number of aliphatic hydroxyl groups is 1. The van der Waals surface area contributed by atoms with E-state index in [9.17, 15) is 19.5 Å². The molecule has 0 bridgehead atoms. The van der Waals surface area contributed by atoms with Gasteiger partial charge < -0.3 is 34.6 Å². The highest BCUT2D eigenvalue weighted by Gasteiger charge is 2.35. The second kappa shape index (κ2) is 9.78. The average molecular weight is 408 g/mol. The summed E-state index contributed by atoms with van der Waals surface area (Å²) in [7, 11) is 1.18. The van der Waals surface area contributed by atoms with Gasteiger partial charge in [-0.3, -0.25) is 4.79 Å². The molecule has 0 aromatic heterocycles. The molecule has 0 unspecified atom stereocenters. The van der Waals surface area contributed by atoms with E-state index in [-0.39, 0.29) is 48.0 Å². The van der Waals surface area contributed by atoms with Gasteiger partial charge in [-0.2, -0.15) is 0 Å². The Labute approximate surface area is 167 Å². The lowest BCUT2D eigenvalue weighted by molar-refractivity contribution is -0.136. The highest BCUT2D eigenvalue weighted by molar-refractivity contribution is 6.09. The van der Waals surface area contributed by atoms with E-state index in [1.807, 2.05) is 0 Å². The van der Waals surface area contributed by atoms with Crippen LogP contribution in [0.3, 0.4) is 0 Å². The van der Waals surface area contributed by atoms with Crippen molar-refractivity contribution in [1.82, 2.24) is 4.90 Å². The van der Waals surface area contributed by atoms with Gasteiger partial charge in [-0.1, -0.05) is 0 Å². The predicted octanol–water partition coefficient (Wildman–Crippen LogP) is 0.856. The Morgan fingerprint density at radius 3 is 2.31 bits per heavy atom. The van der Waals surface area contributed by atoms with Gasteiger partial charge in [0.15, 0.2) is 11.5 Å². The van der Waals surface area contributed by atoms with E-state index >= 15 is 0 Å². The molecule has 1 aromatic rings. The zero-order valence-electron chi connectivity index (χ0n) is 16.5. The van der Waals surface area contributed by atoms with Crippen molar-refractivity contribution in [3.63, 3.8) is 0 Å². The summed E-state index contributed by atoms with van der Waals surface area (Å²) in [4.78, 5) is 37.8. The summed E-state index contributed by atoms with van der Waals surface area (Å²) in [6.07, 6.45) is 0. The summed E-state index contributed by atoms with van der Waals surface area (Å²) in [5, 5.41) is 21.5. The van der Waals surface area contributed by atoms with Gasteiger partial charge in [0, 0.05) is 18.7 Å². The third-order valence-electron chi connectivity index (χ3n) is 4.13. The lowest BCUT2D eigenvalue weighted by Crippen LogP contribution is -2.31. The zero-order chi connectivity index (χ0) is 21.6. The van der Waals surface area contributed by atoms with E-state index in [2.05, 4.69) is 5.32 Å². The Morgan fingerprint density at radius 2 is 1.79 bits per heavy atom. The number of esters is 1. The maximum absolute atomic E-state index is 12.7. The average Bonchev–Trinajstić information content (AvgIpc) is 2.99. The Morgan fingerprint density at radius 1 is 1.17 bits per heavy atom. The first-order valence-corrected chi connectivity index (χ1v) is 9.03. The largest absolute Gasteiger partial charge is 0.490 e. The second-order valence-corrected chi connectivity index (χ2v) is 5.94. The summed E-state index contributed by atoms with van der Waals surface area (Å²) in [5.41, 5.74) is -0.185. The highest BCUT2D eigenvalue weighted by atomic mass is 16.5. The number of carbonyl (C=O) groups excluding carboxylic acids is 2. The fourth-order valence-electron chi connectivity index (χ4n) is 2.86. The molecule has 10 heteroatoms. The molecule has 158 valence electrons. The molecule has 10 nitrogen and oxygen atoms in total. The molecule has 29 heavy (non-hydrogen) atoms. The summed E-state index contributed by atoms with van der Waals surface area (Å²) < 4.78 is 15.7. The molecule has 1 aliphatic heterocycles. The number of methoxy groups -OCH3 is 1. The van der Waals surface area contributed by atoms with Crippen LogP contribution in [0.1, 0.15) is 24.2 Å². The van der Waals surface area contributed by atoms with Gasteiger partial charge in [0.2, 0.25) is 0 Å². The van der Waals surface area contributed by atoms with Crippen LogP contribution in [-0.4, -0.2) is 73.0 Å². The lowest BCUT2D eigenvalue weighted by atomic mass is 10.1. The van der Waals surface area contributed by atoms with E-state index in [1.165, 1.54) is 24.1 Å². The molecule has 0 radical (unpaired) electrons. The normalized spacial score (nSPS) is 13.5. The zero-order valence-corrected chi connectivity index (χ0v) is 16.5. The van der Waals surface area contributed by atoms with Crippen molar-refractivity contribution in [2.45, 2.75) is 13.8 Å². The first kappa shape index (κ1) is 22.0. The quantitative estimate of drug-likeness (QED) is 0.482. The van der Waals surface area contributed by atoms with Crippen LogP contribution < -0.4 is 14.8 Å². The van der Waals surface area contributed by atoms with Gasteiger partial charge in [-0.15, -0.1) is 0 Å². The van der Waals surface area contributed by atoms with E-state index in [0.29, 0.717) is 19.0 Å². The van der Waals surface area contributed by atoms with Crippen molar-refractivity contribution in [1.29, 1.82) is 0 Å². The number of carboxylic acid groups (broad SMARTS) is 1. The molecular formula is C19H24N2O8. The van der Waals surface area contributed by atoms with Crippen LogP contribution in [0.2, 0.25) is 0 Å². The number of benzene rings is 1. The Kier molecular flexibility index (Phi) is 7.43. The molecular weight excluding hydrogens is 384 g/mol. The van der Waals surface area contributed by atoms with Crippen LogP contribution in [0.4, 0.5) is 5.69 Å². The number of amides is 1. The van der Waals surface area contributed by atoms with Crippen LogP contribution in [0.25, 0.3) is 0 Å². The van der Waals surface area contributed by atoms with Gasteiger partial charge in [0.1, 0.15) is 5.70 Å². The molecule has 2 rings (SSSR count). The van der Waals surface area contributed by atoms with Crippen molar-refractivity contribution in [2.75, 3.05) is 45.3 Å². The third kappa shape index (κ3) is 4.77. The first-order chi connectivity index (χ1) is 13.9. The van der Waals surface area contributed by atoms with Crippen molar-refractivity contribution in [3.8, 4) is 11.5 Å². The highest BCUT2D eigenvalue weighted by Crippen LogP contribution is 2.35. The summed E-state index contributed by atoms with van der Waals surface area (Å²) in [6.45, 7) is 3.80.